The van der Waals surface area contributed by atoms with Gasteiger partial charge in [0.15, 0.2) is 17.3 Å². The molecule has 0 radical (unpaired) electrons. The van der Waals surface area contributed by atoms with Gasteiger partial charge >= 0.3 is 11.4 Å². The van der Waals surface area contributed by atoms with Crippen LogP contribution in [0.1, 0.15) is 11.1 Å². The predicted octanol–water partition coefficient (Wildman–Crippen LogP) is 2.90. The van der Waals surface area contributed by atoms with Crippen molar-refractivity contribution in [1.82, 2.24) is 4.90 Å². The molecule has 3 rings (SSSR count). The Morgan fingerprint density at radius 3 is 1.60 bits per heavy atom. The van der Waals surface area contributed by atoms with Gasteiger partial charge < -0.3 is 10.2 Å². The average Bonchev–Trinajstić information content (AvgIpc) is 2.65. The number of aromatic hydroxyl groups is 2. The maximum atomic E-state index is 12.9. The lowest BCUT2D eigenvalue weighted by atomic mass is 9.94. The minimum Gasteiger partial charge on any atom is -0.502 e. The summed E-state index contributed by atoms with van der Waals surface area (Å²) in [6, 6.07) is 7.62. The molecule has 0 aliphatic carbocycles. The second kappa shape index (κ2) is 8.13. The molecular formula is C20H17N3O7. The first-order valence-corrected chi connectivity index (χ1v) is 8.75. The average molecular weight is 411 g/mol. The third-order valence-electron chi connectivity index (χ3n) is 4.54. The van der Waals surface area contributed by atoms with Crippen LogP contribution in [0, 0.1) is 20.2 Å². The van der Waals surface area contributed by atoms with Crippen LogP contribution in [0.5, 0.6) is 11.5 Å². The number of piperidine rings is 1. The van der Waals surface area contributed by atoms with E-state index in [0.29, 0.717) is 35.4 Å². The highest BCUT2D eigenvalue weighted by atomic mass is 16.6. The Labute approximate surface area is 170 Å². The molecule has 0 spiro atoms. The molecule has 0 bridgehead atoms. The number of rotatable bonds is 4. The van der Waals surface area contributed by atoms with E-state index < -0.39 is 32.7 Å². The maximum Gasteiger partial charge on any atom is 0.310 e. The SMILES string of the molecule is CN1C/C(=C/c2ccc([N+](=O)[O-])c(O)c2)C(=O)/C(=C/c2ccc([N+](=O)[O-])c(O)c2)C1. The Morgan fingerprint density at radius 2 is 1.27 bits per heavy atom. The number of likely N-dealkylation sites (N-methyl/N-ethyl adjacent to an activating group) is 1. The summed E-state index contributed by atoms with van der Waals surface area (Å²) in [5.41, 5.74) is 0.836. The van der Waals surface area contributed by atoms with Crippen LogP contribution in [0.4, 0.5) is 11.4 Å². The Hall–Kier alpha value is -4.05. The molecule has 2 aromatic rings. The Balaban J connectivity index is 1.93. The lowest BCUT2D eigenvalue weighted by molar-refractivity contribution is -0.386. The van der Waals surface area contributed by atoms with Gasteiger partial charge in [-0.05, 0) is 54.6 Å². The summed E-state index contributed by atoms with van der Waals surface area (Å²) in [6.45, 7) is 0.666. The van der Waals surface area contributed by atoms with Crippen molar-refractivity contribution in [3.63, 3.8) is 0 Å². The number of likely N-dealkylation sites (tertiary alicyclic amines) is 1. The Morgan fingerprint density at radius 1 is 0.867 bits per heavy atom. The second-order valence-corrected chi connectivity index (χ2v) is 6.85. The zero-order valence-corrected chi connectivity index (χ0v) is 15.8. The van der Waals surface area contributed by atoms with E-state index in [-0.39, 0.29) is 5.78 Å². The molecule has 154 valence electrons. The molecule has 10 heteroatoms. The summed E-state index contributed by atoms with van der Waals surface area (Å²) >= 11 is 0. The summed E-state index contributed by atoms with van der Waals surface area (Å²) in [5, 5.41) is 41.2. The van der Waals surface area contributed by atoms with Crippen LogP contribution < -0.4 is 0 Å². The molecular weight excluding hydrogens is 394 g/mol. The number of ketones is 1. The van der Waals surface area contributed by atoms with Crippen molar-refractivity contribution in [2.75, 3.05) is 20.1 Å². The van der Waals surface area contributed by atoms with Crippen LogP contribution in [0.25, 0.3) is 12.2 Å². The van der Waals surface area contributed by atoms with Crippen molar-refractivity contribution in [3.05, 3.63) is 78.9 Å². The molecule has 10 nitrogen and oxygen atoms in total. The van der Waals surface area contributed by atoms with Gasteiger partial charge in [-0.15, -0.1) is 0 Å². The summed E-state index contributed by atoms with van der Waals surface area (Å²) in [5.74, 6) is -1.25. The van der Waals surface area contributed by atoms with Gasteiger partial charge in [0, 0.05) is 36.4 Å². The number of phenolic OH excluding ortho intramolecular Hbond substituents is 2. The van der Waals surface area contributed by atoms with E-state index in [2.05, 4.69) is 0 Å². The molecule has 1 fully saturated rings. The summed E-state index contributed by atoms with van der Waals surface area (Å²) in [4.78, 5) is 35.0. The lowest BCUT2D eigenvalue weighted by Gasteiger charge is -2.26. The fourth-order valence-corrected chi connectivity index (χ4v) is 3.18. The van der Waals surface area contributed by atoms with Gasteiger partial charge in [0.25, 0.3) is 0 Å². The standard InChI is InChI=1S/C20H17N3O7/c1-21-10-14(6-12-2-4-16(22(27)28)18(24)8-12)20(26)15(11-21)7-13-3-5-17(23(29)30)19(25)9-13/h2-9,24-25H,10-11H2,1H3/b14-6-,15-7+. The molecule has 1 aliphatic heterocycles. The van der Waals surface area contributed by atoms with Crippen molar-refractivity contribution in [1.29, 1.82) is 0 Å². The second-order valence-electron chi connectivity index (χ2n) is 6.85. The molecule has 2 N–H and O–H groups in total. The lowest BCUT2D eigenvalue weighted by Crippen LogP contribution is -2.34. The summed E-state index contributed by atoms with van der Waals surface area (Å²) in [7, 11) is 1.80. The number of carbonyl (C=O) groups is 1. The molecule has 1 saturated heterocycles. The van der Waals surface area contributed by atoms with Gasteiger partial charge in [-0.2, -0.15) is 0 Å². The third-order valence-corrected chi connectivity index (χ3v) is 4.54. The number of hydrogen-bond acceptors (Lipinski definition) is 8. The number of carbonyl (C=O) groups excluding carboxylic acids is 1. The van der Waals surface area contributed by atoms with Crippen LogP contribution in [0.2, 0.25) is 0 Å². The van der Waals surface area contributed by atoms with Gasteiger partial charge in [0.1, 0.15) is 0 Å². The van der Waals surface area contributed by atoms with Gasteiger partial charge in [0.05, 0.1) is 9.85 Å². The predicted molar refractivity (Wildman–Crippen MR) is 108 cm³/mol. The zero-order chi connectivity index (χ0) is 22.0. The van der Waals surface area contributed by atoms with E-state index in [0.717, 1.165) is 12.1 Å². The molecule has 0 atom stereocenters. The van der Waals surface area contributed by atoms with Crippen molar-refractivity contribution < 1.29 is 24.9 Å². The van der Waals surface area contributed by atoms with E-state index >= 15 is 0 Å². The highest BCUT2D eigenvalue weighted by Crippen LogP contribution is 2.30. The highest BCUT2D eigenvalue weighted by molar-refractivity contribution is 6.14. The first-order valence-electron chi connectivity index (χ1n) is 8.75. The van der Waals surface area contributed by atoms with E-state index in [9.17, 15) is 35.2 Å². The zero-order valence-electron chi connectivity index (χ0n) is 15.8. The van der Waals surface area contributed by atoms with Crippen molar-refractivity contribution in [2.24, 2.45) is 0 Å². The molecule has 2 aromatic carbocycles. The number of Topliss-reactive ketones (excluding diaryl/α,β-unsaturated/α-hetero) is 1. The Bertz CT molecular complexity index is 1040. The van der Waals surface area contributed by atoms with Crippen LogP contribution >= 0.6 is 0 Å². The van der Waals surface area contributed by atoms with E-state index in [1.54, 1.807) is 19.2 Å². The van der Waals surface area contributed by atoms with Gasteiger partial charge in [-0.25, -0.2) is 0 Å². The summed E-state index contributed by atoms with van der Waals surface area (Å²) in [6.07, 6.45) is 3.09. The molecule has 1 heterocycles. The number of nitrogens with zero attached hydrogens (tertiary/aromatic N) is 3. The van der Waals surface area contributed by atoms with Crippen molar-refractivity contribution in [3.8, 4) is 11.5 Å². The van der Waals surface area contributed by atoms with Crippen LogP contribution in [-0.4, -0.2) is 50.9 Å². The normalized spacial score (nSPS) is 17.4. The van der Waals surface area contributed by atoms with Crippen molar-refractivity contribution >= 4 is 29.3 Å². The van der Waals surface area contributed by atoms with E-state index in [4.69, 9.17) is 0 Å². The maximum absolute atomic E-state index is 12.9. The minimum absolute atomic E-state index is 0.260. The van der Waals surface area contributed by atoms with E-state index in [1.807, 2.05) is 4.90 Å². The fourth-order valence-electron chi connectivity index (χ4n) is 3.18. The first-order chi connectivity index (χ1) is 14.2. The smallest absolute Gasteiger partial charge is 0.310 e. The number of phenols is 2. The number of benzene rings is 2. The first kappa shape index (κ1) is 20.7. The fraction of sp³-hybridized carbons (Fsp3) is 0.150. The van der Waals surface area contributed by atoms with Crippen LogP contribution in [0.15, 0.2) is 47.5 Å². The van der Waals surface area contributed by atoms with Gasteiger partial charge in [-0.3, -0.25) is 29.9 Å². The van der Waals surface area contributed by atoms with Crippen LogP contribution in [0.3, 0.4) is 0 Å². The molecule has 30 heavy (non-hydrogen) atoms. The third kappa shape index (κ3) is 4.33. The number of nitro benzene ring substituents is 2. The highest BCUT2D eigenvalue weighted by Gasteiger charge is 2.24. The molecule has 1 aliphatic rings. The van der Waals surface area contributed by atoms with E-state index in [1.165, 1.54) is 24.3 Å². The molecule has 0 amide bonds. The number of hydrogen-bond donors (Lipinski definition) is 2. The van der Waals surface area contributed by atoms with Crippen LogP contribution in [-0.2, 0) is 4.79 Å². The quantitative estimate of drug-likeness (QED) is 0.443. The van der Waals surface area contributed by atoms with Gasteiger partial charge in [-0.1, -0.05) is 0 Å². The Kier molecular flexibility index (Phi) is 5.61. The largest absolute Gasteiger partial charge is 0.502 e. The number of nitro groups is 2. The molecule has 0 saturated carbocycles. The monoisotopic (exact) mass is 411 g/mol. The van der Waals surface area contributed by atoms with Gasteiger partial charge in [0.2, 0.25) is 0 Å². The summed E-state index contributed by atoms with van der Waals surface area (Å²) < 4.78 is 0. The molecule has 0 unspecified atom stereocenters. The molecule has 0 aromatic heterocycles. The minimum atomic E-state index is -0.702. The van der Waals surface area contributed by atoms with Crippen molar-refractivity contribution in [2.45, 2.75) is 0 Å². The topological polar surface area (TPSA) is 147 Å².